The van der Waals surface area contributed by atoms with Crippen LogP contribution in [0.25, 0.3) is 0 Å². The zero-order valence-electron chi connectivity index (χ0n) is 13.0. The first-order chi connectivity index (χ1) is 9.88. The summed E-state index contributed by atoms with van der Waals surface area (Å²) in [7, 11) is 6.18. The lowest BCUT2D eigenvalue weighted by Crippen LogP contribution is -2.29. The zero-order chi connectivity index (χ0) is 15.8. The van der Waals surface area contributed by atoms with Gasteiger partial charge in [-0.3, -0.25) is 4.79 Å². The molecule has 0 heterocycles. The van der Waals surface area contributed by atoms with Gasteiger partial charge < -0.3 is 20.9 Å². The van der Waals surface area contributed by atoms with Crippen molar-refractivity contribution in [3.8, 4) is 0 Å². The minimum Gasteiger partial charge on any atom is -0.397 e. The Balaban J connectivity index is 2.26. The quantitative estimate of drug-likeness (QED) is 0.722. The Morgan fingerprint density at radius 3 is 2.57 bits per heavy atom. The van der Waals surface area contributed by atoms with Gasteiger partial charge in [-0.1, -0.05) is 11.6 Å². The van der Waals surface area contributed by atoms with Crippen molar-refractivity contribution in [3.63, 3.8) is 0 Å². The maximum Gasteiger partial charge on any atom is 0.224 e. The maximum atomic E-state index is 11.8. The normalized spacial score (nSPS) is 11.1. The molecule has 118 valence electrons. The number of nitrogens with zero attached hydrogens (tertiary/aromatic N) is 2. The molecule has 0 aliphatic rings. The van der Waals surface area contributed by atoms with E-state index in [9.17, 15) is 4.79 Å². The Morgan fingerprint density at radius 1 is 1.24 bits per heavy atom. The fourth-order valence-electron chi connectivity index (χ4n) is 1.84. The van der Waals surface area contributed by atoms with Crippen molar-refractivity contribution in [2.24, 2.45) is 0 Å². The lowest BCUT2D eigenvalue weighted by atomic mass is 10.2. The van der Waals surface area contributed by atoms with Gasteiger partial charge in [0.1, 0.15) is 0 Å². The number of halogens is 1. The second-order valence-electron chi connectivity index (χ2n) is 5.49. The average Bonchev–Trinajstić information content (AvgIpc) is 2.40. The van der Waals surface area contributed by atoms with Crippen LogP contribution in [0.15, 0.2) is 18.2 Å². The molecule has 5 nitrogen and oxygen atoms in total. The third-order valence-electron chi connectivity index (χ3n) is 3.15. The van der Waals surface area contributed by atoms with Crippen LogP contribution in [0, 0.1) is 0 Å². The topological polar surface area (TPSA) is 61.6 Å². The number of carbonyl (C=O) groups is 1. The number of carbonyl (C=O) groups excluding carboxylic acids is 1. The van der Waals surface area contributed by atoms with E-state index < -0.39 is 0 Å². The van der Waals surface area contributed by atoms with Gasteiger partial charge in [0.25, 0.3) is 0 Å². The van der Waals surface area contributed by atoms with Gasteiger partial charge in [0, 0.05) is 25.2 Å². The number of hydrogen-bond donors (Lipinski definition) is 2. The average molecular weight is 313 g/mol. The van der Waals surface area contributed by atoms with E-state index in [1.54, 1.807) is 18.2 Å². The van der Waals surface area contributed by atoms with Crippen LogP contribution < -0.4 is 11.1 Å². The van der Waals surface area contributed by atoms with Crippen LogP contribution in [0.1, 0.15) is 12.8 Å². The number of nitrogens with one attached hydrogen (secondary N) is 1. The van der Waals surface area contributed by atoms with E-state index in [0.717, 1.165) is 26.1 Å². The highest BCUT2D eigenvalue weighted by Crippen LogP contribution is 2.22. The van der Waals surface area contributed by atoms with Gasteiger partial charge in [-0.25, -0.2) is 0 Å². The number of benzene rings is 1. The summed E-state index contributed by atoms with van der Waals surface area (Å²) < 4.78 is 0. The minimum absolute atomic E-state index is 0.00210. The highest BCUT2D eigenvalue weighted by molar-refractivity contribution is 6.33. The molecule has 0 unspecified atom stereocenters. The van der Waals surface area contributed by atoms with Gasteiger partial charge in [-0.05, 0) is 52.3 Å². The molecule has 0 radical (unpaired) electrons. The molecular weight excluding hydrogens is 288 g/mol. The van der Waals surface area contributed by atoms with Crippen LogP contribution in [0.3, 0.4) is 0 Å². The molecular formula is C15H25ClN4O. The van der Waals surface area contributed by atoms with Crippen molar-refractivity contribution in [3.05, 3.63) is 23.2 Å². The predicted molar refractivity (Wildman–Crippen MR) is 89.8 cm³/mol. The molecule has 0 bridgehead atoms. The molecule has 0 saturated carbocycles. The van der Waals surface area contributed by atoms with Gasteiger partial charge in [0.05, 0.1) is 10.7 Å². The molecule has 1 aromatic rings. The molecule has 0 atom stereocenters. The number of hydrogen-bond acceptors (Lipinski definition) is 4. The fraction of sp³-hybridized carbons (Fsp3) is 0.533. The SMILES string of the molecule is CN(C)CCN(C)CCCC(=O)Nc1ccc(Cl)c(N)c1. The second-order valence-corrected chi connectivity index (χ2v) is 5.90. The van der Waals surface area contributed by atoms with Gasteiger partial charge in [0.15, 0.2) is 0 Å². The fourth-order valence-corrected chi connectivity index (χ4v) is 1.95. The molecule has 0 aromatic heterocycles. The standard InChI is InChI=1S/C15H25ClN4O/c1-19(2)9-10-20(3)8-4-5-15(21)18-12-6-7-13(16)14(17)11-12/h6-7,11H,4-5,8-10,17H2,1-3H3,(H,18,21). The predicted octanol–water partition coefficient (Wildman–Crippen LogP) is 2.13. The second kappa shape index (κ2) is 8.87. The first-order valence-corrected chi connectivity index (χ1v) is 7.44. The Bertz CT molecular complexity index is 465. The maximum absolute atomic E-state index is 11.8. The summed E-state index contributed by atoms with van der Waals surface area (Å²) in [5, 5.41) is 3.33. The van der Waals surface area contributed by atoms with Gasteiger partial charge in [0.2, 0.25) is 5.91 Å². The summed E-state index contributed by atoms with van der Waals surface area (Å²) in [5.74, 6) is -0.00210. The number of anilines is 2. The molecule has 0 saturated heterocycles. The monoisotopic (exact) mass is 312 g/mol. The molecule has 1 rings (SSSR count). The first kappa shape index (κ1) is 17.8. The Hall–Kier alpha value is -1.30. The van der Waals surface area contributed by atoms with Gasteiger partial charge in [-0.15, -0.1) is 0 Å². The van der Waals surface area contributed by atoms with Crippen molar-refractivity contribution < 1.29 is 4.79 Å². The smallest absolute Gasteiger partial charge is 0.224 e. The summed E-state index contributed by atoms with van der Waals surface area (Å²) in [5.41, 5.74) is 6.85. The summed E-state index contributed by atoms with van der Waals surface area (Å²) >= 11 is 5.84. The molecule has 1 aromatic carbocycles. The van der Waals surface area contributed by atoms with E-state index in [1.807, 2.05) is 0 Å². The Kier molecular flexibility index (Phi) is 7.50. The van der Waals surface area contributed by atoms with Crippen molar-refractivity contribution in [1.82, 2.24) is 9.80 Å². The van der Waals surface area contributed by atoms with Crippen LogP contribution in [0.4, 0.5) is 11.4 Å². The summed E-state index contributed by atoms with van der Waals surface area (Å²) in [6, 6.07) is 5.10. The Morgan fingerprint density at radius 2 is 1.95 bits per heavy atom. The van der Waals surface area contributed by atoms with Gasteiger partial charge >= 0.3 is 0 Å². The van der Waals surface area contributed by atoms with Crippen LogP contribution in [0.2, 0.25) is 5.02 Å². The molecule has 0 spiro atoms. The lowest BCUT2D eigenvalue weighted by molar-refractivity contribution is -0.116. The molecule has 6 heteroatoms. The lowest BCUT2D eigenvalue weighted by Gasteiger charge is -2.19. The van der Waals surface area contributed by atoms with Crippen LogP contribution in [-0.2, 0) is 4.79 Å². The molecule has 0 aliphatic carbocycles. The Labute approximate surface area is 132 Å². The molecule has 0 fully saturated rings. The van der Waals surface area contributed by atoms with Crippen LogP contribution in [0.5, 0.6) is 0 Å². The molecule has 21 heavy (non-hydrogen) atoms. The largest absolute Gasteiger partial charge is 0.397 e. The van der Waals surface area contributed by atoms with Crippen LogP contribution >= 0.6 is 11.6 Å². The molecule has 1 amide bonds. The number of likely N-dealkylation sites (N-methyl/N-ethyl adjacent to an activating group) is 2. The van der Waals surface area contributed by atoms with Crippen molar-refractivity contribution in [2.45, 2.75) is 12.8 Å². The summed E-state index contributed by atoms with van der Waals surface area (Å²) in [6.45, 7) is 2.93. The van der Waals surface area contributed by atoms with E-state index >= 15 is 0 Å². The van der Waals surface area contributed by atoms with Gasteiger partial charge in [-0.2, -0.15) is 0 Å². The third kappa shape index (κ3) is 7.32. The first-order valence-electron chi connectivity index (χ1n) is 7.06. The summed E-state index contributed by atoms with van der Waals surface area (Å²) in [4.78, 5) is 16.2. The van der Waals surface area contributed by atoms with Crippen molar-refractivity contribution in [1.29, 1.82) is 0 Å². The molecule has 0 aliphatic heterocycles. The highest BCUT2D eigenvalue weighted by Gasteiger charge is 2.05. The van der Waals surface area contributed by atoms with E-state index in [1.165, 1.54) is 0 Å². The van der Waals surface area contributed by atoms with E-state index in [4.69, 9.17) is 17.3 Å². The van der Waals surface area contributed by atoms with Crippen LogP contribution in [-0.4, -0.2) is 56.5 Å². The summed E-state index contributed by atoms with van der Waals surface area (Å²) in [6.07, 6.45) is 1.33. The minimum atomic E-state index is -0.00210. The number of amides is 1. The number of rotatable bonds is 8. The van der Waals surface area contributed by atoms with E-state index in [2.05, 4.69) is 36.3 Å². The number of nitrogens with two attached hydrogens (primary N) is 1. The zero-order valence-corrected chi connectivity index (χ0v) is 13.8. The number of nitrogen functional groups attached to an aromatic ring is 1. The van der Waals surface area contributed by atoms with Crippen molar-refractivity contribution >= 4 is 28.9 Å². The van der Waals surface area contributed by atoms with E-state index in [-0.39, 0.29) is 5.91 Å². The third-order valence-corrected chi connectivity index (χ3v) is 3.50. The van der Waals surface area contributed by atoms with Crippen molar-refractivity contribution in [2.75, 3.05) is 51.8 Å². The highest BCUT2D eigenvalue weighted by atomic mass is 35.5. The van der Waals surface area contributed by atoms with E-state index in [0.29, 0.717) is 22.8 Å². The molecule has 3 N–H and O–H groups in total.